The average molecular weight is 398 g/mol. The molecule has 2 spiro atoms. The Morgan fingerprint density at radius 1 is 1.34 bits per heavy atom. The lowest BCUT2D eigenvalue weighted by Crippen LogP contribution is -2.56. The lowest BCUT2D eigenvalue weighted by Gasteiger charge is -2.49. The molecule has 1 aliphatic heterocycles. The van der Waals surface area contributed by atoms with E-state index in [0.29, 0.717) is 12.2 Å². The van der Waals surface area contributed by atoms with Crippen LogP contribution in [0.4, 0.5) is 0 Å². The number of hydrogen-bond acceptors (Lipinski definition) is 5. The van der Waals surface area contributed by atoms with Gasteiger partial charge in [0.1, 0.15) is 6.61 Å². The summed E-state index contributed by atoms with van der Waals surface area (Å²) in [6, 6.07) is 0. The van der Waals surface area contributed by atoms with Crippen LogP contribution in [0.2, 0.25) is 0 Å². The highest BCUT2D eigenvalue weighted by molar-refractivity contribution is 6.09. The number of carbonyl (C=O) groups excluding carboxylic acids is 1. The van der Waals surface area contributed by atoms with Crippen molar-refractivity contribution in [3.63, 3.8) is 0 Å². The Bertz CT molecular complexity index is 822. The summed E-state index contributed by atoms with van der Waals surface area (Å²) in [6.07, 6.45) is 11.4. The molecule has 3 rings (SSSR count). The van der Waals surface area contributed by atoms with Gasteiger partial charge in [0, 0.05) is 32.3 Å². The van der Waals surface area contributed by atoms with Gasteiger partial charge in [-0.1, -0.05) is 30.6 Å². The standard InChI is InChI=1S/C23H31N3O3/c1-17-16-18(9-7-15-28-3)8-5-6-12-22(13-10-19(29-4)11-14-22)23(17)20(27)26(2)21(24)25-23/h5,8,16,19H,1,6,10-15H2,2-4H3,(H2,24,25)/b8-5-,18-16+. The zero-order valence-electron chi connectivity index (χ0n) is 17.7. The van der Waals surface area contributed by atoms with E-state index in [0.717, 1.165) is 44.1 Å². The monoisotopic (exact) mass is 397 g/mol. The van der Waals surface area contributed by atoms with Crippen LogP contribution < -0.4 is 5.73 Å². The van der Waals surface area contributed by atoms with Crippen LogP contribution in [0.3, 0.4) is 0 Å². The summed E-state index contributed by atoms with van der Waals surface area (Å²) in [5.41, 5.74) is 6.16. The Hall–Kier alpha value is -2.36. The van der Waals surface area contributed by atoms with Crippen molar-refractivity contribution >= 4 is 11.9 Å². The number of nitrogens with zero attached hydrogens (tertiary/aromatic N) is 2. The van der Waals surface area contributed by atoms with Crippen molar-refractivity contribution in [1.82, 2.24) is 4.90 Å². The van der Waals surface area contributed by atoms with E-state index >= 15 is 0 Å². The van der Waals surface area contributed by atoms with Gasteiger partial charge in [0.2, 0.25) is 0 Å². The number of aliphatic imine (C=N–C) groups is 1. The molecule has 2 aliphatic carbocycles. The molecular formula is C23H31N3O3. The maximum absolute atomic E-state index is 13.6. The lowest BCUT2D eigenvalue weighted by molar-refractivity contribution is -0.135. The van der Waals surface area contributed by atoms with Crippen LogP contribution in [0.25, 0.3) is 0 Å². The van der Waals surface area contributed by atoms with Gasteiger partial charge in [-0.3, -0.25) is 9.69 Å². The van der Waals surface area contributed by atoms with Crippen molar-refractivity contribution in [3.8, 4) is 11.8 Å². The molecule has 1 atom stereocenters. The first-order valence-electron chi connectivity index (χ1n) is 10.1. The second-order valence-electron chi connectivity index (χ2n) is 8.06. The van der Waals surface area contributed by atoms with E-state index in [4.69, 9.17) is 20.2 Å². The molecule has 6 heteroatoms. The van der Waals surface area contributed by atoms with Gasteiger partial charge in [0.15, 0.2) is 11.5 Å². The third-order valence-electron chi connectivity index (χ3n) is 6.56. The van der Waals surface area contributed by atoms with Crippen molar-refractivity contribution in [2.75, 3.05) is 27.9 Å². The number of guanidine groups is 1. The molecule has 1 saturated carbocycles. The topological polar surface area (TPSA) is 77.2 Å². The molecule has 1 fully saturated rings. The number of fused-ring (bicyclic) bond motifs is 1. The Balaban J connectivity index is 2.11. The minimum absolute atomic E-state index is 0.0989. The average Bonchev–Trinajstić information content (AvgIpc) is 2.98. The molecule has 0 aromatic heterocycles. The van der Waals surface area contributed by atoms with E-state index in [1.165, 1.54) is 4.90 Å². The van der Waals surface area contributed by atoms with Gasteiger partial charge in [0.25, 0.3) is 5.91 Å². The smallest absolute Gasteiger partial charge is 0.262 e. The normalized spacial score (nSPS) is 35.3. The van der Waals surface area contributed by atoms with Crippen molar-refractivity contribution in [2.45, 2.75) is 50.2 Å². The van der Waals surface area contributed by atoms with Gasteiger partial charge < -0.3 is 15.2 Å². The number of rotatable bonds is 2. The van der Waals surface area contributed by atoms with Crippen LogP contribution in [-0.4, -0.2) is 56.3 Å². The summed E-state index contributed by atoms with van der Waals surface area (Å²) in [5, 5.41) is 0. The summed E-state index contributed by atoms with van der Waals surface area (Å²) < 4.78 is 10.6. The quantitative estimate of drug-likeness (QED) is 0.727. The fraction of sp³-hybridized carbons (Fsp3) is 0.565. The van der Waals surface area contributed by atoms with Gasteiger partial charge in [-0.15, -0.1) is 0 Å². The fourth-order valence-electron chi connectivity index (χ4n) is 4.91. The number of hydrogen-bond donors (Lipinski definition) is 1. The number of nitrogens with two attached hydrogens (primary N) is 1. The first-order chi connectivity index (χ1) is 13.9. The van der Waals surface area contributed by atoms with Gasteiger partial charge in [-0.2, -0.15) is 0 Å². The van der Waals surface area contributed by atoms with Crippen LogP contribution in [0.5, 0.6) is 0 Å². The van der Waals surface area contributed by atoms with E-state index in [-0.39, 0.29) is 23.4 Å². The summed E-state index contributed by atoms with van der Waals surface area (Å²) in [5.74, 6) is 6.24. The van der Waals surface area contributed by atoms with Crippen LogP contribution in [0, 0.1) is 17.3 Å². The molecule has 1 heterocycles. The Kier molecular flexibility index (Phi) is 6.30. The van der Waals surface area contributed by atoms with Gasteiger partial charge >= 0.3 is 0 Å². The molecule has 0 aromatic carbocycles. The van der Waals surface area contributed by atoms with E-state index in [9.17, 15) is 4.79 Å². The summed E-state index contributed by atoms with van der Waals surface area (Å²) in [7, 11) is 5.05. The van der Waals surface area contributed by atoms with Gasteiger partial charge in [-0.25, -0.2) is 4.99 Å². The number of likely N-dealkylation sites (N-methyl/N-ethyl adjacent to an activating group) is 1. The largest absolute Gasteiger partial charge is 0.381 e. The van der Waals surface area contributed by atoms with Crippen molar-refractivity contribution in [3.05, 3.63) is 36.0 Å². The van der Waals surface area contributed by atoms with Gasteiger partial charge in [0.05, 0.1) is 6.10 Å². The number of allylic oxidation sites excluding steroid dienone is 3. The van der Waals surface area contributed by atoms with Crippen molar-refractivity contribution in [2.24, 2.45) is 16.1 Å². The Morgan fingerprint density at radius 2 is 2.07 bits per heavy atom. The molecule has 0 aromatic rings. The molecule has 0 radical (unpaired) electrons. The predicted molar refractivity (Wildman–Crippen MR) is 114 cm³/mol. The molecule has 3 aliphatic rings. The van der Waals surface area contributed by atoms with E-state index in [1.807, 2.05) is 12.2 Å². The maximum Gasteiger partial charge on any atom is 0.262 e. The first-order valence-corrected chi connectivity index (χ1v) is 10.1. The van der Waals surface area contributed by atoms with Crippen LogP contribution in [0.1, 0.15) is 38.5 Å². The molecule has 6 nitrogen and oxygen atoms in total. The highest BCUT2D eigenvalue weighted by Crippen LogP contribution is 2.56. The van der Waals surface area contributed by atoms with E-state index < -0.39 is 5.54 Å². The molecule has 29 heavy (non-hydrogen) atoms. The SMILES string of the molecule is C=C1/C=C(C#CCOC)\C=C/CCC2(CCC(OC)CC2)C12N=C(N)N(C)C2=O. The molecular weight excluding hydrogens is 366 g/mol. The number of carbonyl (C=O) groups is 1. The summed E-state index contributed by atoms with van der Waals surface area (Å²) >= 11 is 0. The molecule has 2 N–H and O–H groups in total. The Morgan fingerprint density at radius 3 is 2.66 bits per heavy atom. The zero-order chi connectivity index (χ0) is 21.1. The van der Waals surface area contributed by atoms with Crippen LogP contribution >= 0.6 is 0 Å². The second-order valence-corrected chi connectivity index (χ2v) is 8.06. The zero-order valence-corrected chi connectivity index (χ0v) is 17.7. The third kappa shape index (κ3) is 3.65. The molecule has 1 amide bonds. The summed E-state index contributed by atoms with van der Waals surface area (Å²) in [6.45, 7) is 4.67. The minimum atomic E-state index is -1.09. The predicted octanol–water partition coefficient (Wildman–Crippen LogP) is 2.57. The lowest BCUT2D eigenvalue weighted by atomic mass is 9.56. The highest BCUT2D eigenvalue weighted by Gasteiger charge is 2.62. The number of methoxy groups -OCH3 is 2. The van der Waals surface area contributed by atoms with Gasteiger partial charge in [-0.05, 0) is 50.2 Å². The second kappa shape index (κ2) is 8.56. The molecule has 0 saturated heterocycles. The summed E-state index contributed by atoms with van der Waals surface area (Å²) in [4.78, 5) is 19.9. The maximum atomic E-state index is 13.6. The van der Waals surface area contributed by atoms with Crippen molar-refractivity contribution in [1.29, 1.82) is 0 Å². The molecule has 156 valence electrons. The molecule has 1 unspecified atom stereocenters. The van der Waals surface area contributed by atoms with Crippen LogP contribution in [-0.2, 0) is 14.3 Å². The first kappa shape index (κ1) is 21.4. The van der Waals surface area contributed by atoms with Crippen molar-refractivity contribution < 1.29 is 14.3 Å². The Labute approximate surface area is 173 Å². The van der Waals surface area contributed by atoms with E-state index in [1.54, 1.807) is 21.3 Å². The van der Waals surface area contributed by atoms with Crippen LogP contribution in [0.15, 0.2) is 40.9 Å². The highest BCUT2D eigenvalue weighted by atomic mass is 16.5. The number of amides is 1. The molecule has 0 bridgehead atoms. The number of ether oxygens (including phenoxy) is 2. The van der Waals surface area contributed by atoms with E-state index in [2.05, 4.69) is 24.5 Å². The fourth-order valence-corrected chi connectivity index (χ4v) is 4.91. The minimum Gasteiger partial charge on any atom is -0.381 e. The third-order valence-corrected chi connectivity index (χ3v) is 6.56.